The fraction of sp³-hybridized carbons (Fsp3) is 0.240. The Morgan fingerprint density at radius 2 is 1.92 bits per heavy atom. The molecule has 0 aliphatic carbocycles. The lowest BCUT2D eigenvalue weighted by Gasteiger charge is -2.19. The van der Waals surface area contributed by atoms with Crippen LogP contribution in [0, 0.1) is 0 Å². The topological polar surface area (TPSA) is 152 Å². The van der Waals surface area contributed by atoms with E-state index in [1.807, 2.05) is 51.1 Å². The number of benzene rings is 2. The number of anilines is 3. The SMILES string of the molecule is CC(C)(C)c1nnc(-c2cnc(Nc3ccc(C(N)=O)c(Cl)c3)nc2N[C@H](CO)c2ccccc2)o1. The number of nitrogens with two attached hydrogens (primary N) is 1. The number of amides is 1. The zero-order chi connectivity index (χ0) is 25.9. The Kier molecular flexibility index (Phi) is 7.18. The highest BCUT2D eigenvalue weighted by atomic mass is 35.5. The van der Waals surface area contributed by atoms with Crippen molar-refractivity contribution in [3.63, 3.8) is 0 Å². The zero-order valence-corrected chi connectivity index (χ0v) is 20.7. The van der Waals surface area contributed by atoms with E-state index in [1.54, 1.807) is 18.3 Å². The van der Waals surface area contributed by atoms with Gasteiger partial charge in [-0.15, -0.1) is 10.2 Å². The van der Waals surface area contributed by atoms with Crippen LogP contribution in [0.25, 0.3) is 11.5 Å². The maximum atomic E-state index is 11.5. The molecule has 36 heavy (non-hydrogen) atoms. The van der Waals surface area contributed by atoms with Crippen LogP contribution in [0.1, 0.15) is 48.6 Å². The van der Waals surface area contributed by atoms with Gasteiger partial charge in [-0.2, -0.15) is 4.98 Å². The Bertz CT molecular complexity index is 1370. The van der Waals surface area contributed by atoms with Crippen molar-refractivity contribution in [1.29, 1.82) is 0 Å². The maximum absolute atomic E-state index is 11.5. The Morgan fingerprint density at radius 3 is 2.53 bits per heavy atom. The number of carbonyl (C=O) groups excluding carboxylic acids is 1. The highest BCUT2D eigenvalue weighted by molar-refractivity contribution is 6.34. The van der Waals surface area contributed by atoms with Crippen LogP contribution in [0.15, 0.2) is 59.1 Å². The molecular formula is C25H26ClN7O3. The van der Waals surface area contributed by atoms with Crippen molar-refractivity contribution in [2.45, 2.75) is 32.2 Å². The van der Waals surface area contributed by atoms with E-state index in [9.17, 15) is 9.90 Å². The van der Waals surface area contributed by atoms with Crippen LogP contribution < -0.4 is 16.4 Å². The van der Waals surface area contributed by atoms with Gasteiger partial charge >= 0.3 is 0 Å². The Balaban J connectivity index is 1.72. The lowest BCUT2D eigenvalue weighted by Crippen LogP contribution is -2.17. The van der Waals surface area contributed by atoms with Gasteiger partial charge in [-0.05, 0) is 23.8 Å². The lowest BCUT2D eigenvalue weighted by atomic mass is 9.97. The van der Waals surface area contributed by atoms with Crippen LogP contribution in [-0.4, -0.2) is 37.8 Å². The molecule has 2 aromatic heterocycles. The number of aliphatic hydroxyl groups is 1. The average Bonchev–Trinajstić information content (AvgIpc) is 3.34. The second-order valence-electron chi connectivity index (χ2n) is 9.09. The molecule has 0 bridgehead atoms. The minimum absolute atomic E-state index is 0.183. The fourth-order valence-electron chi connectivity index (χ4n) is 3.35. The maximum Gasteiger partial charge on any atom is 0.253 e. The fourth-order valence-corrected chi connectivity index (χ4v) is 3.62. The average molecular weight is 508 g/mol. The minimum atomic E-state index is -0.622. The molecule has 0 unspecified atom stereocenters. The highest BCUT2D eigenvalue weighted by Crippen LogP contribution is 2.32. The lowest BCUT2D eigenvalue weighted by molar-refractivity contribution is 0.100. The molecule has 0 spiro atoms. The number of aliphatic hydroxyl groups excluding tert-OH is 1. The smallest absolute Gasteiger partial charge is 0.253 e. The monoisotopic (exact) mass is 507 g/mol. The van der Waals surface area contributed by atoms with Gasteiger partial charge in [0, 0.05) is 17.3 Å². The molecule has 4 rings (SSSR count). The summed E-state index contributed by atoms with van der Waals surface area (Å²) in [6.45, 7) is 5.73. The quantitative estimate of drug-likeness (QED) is 0.270. The molecule has 10 nitrogen and oxygen atoms in total. The number of hydrogen-bond acceptors (Lipinski definition) is 9. The van der Waals surface area contributed by atoms with Gasteiger partial charge in [-0.25, -0.2) is 4.98 Å². The largest absolute Gasteiger partial charge is 0.420 e. The Labute approximate surface area is 212 Å². The first kappa shape index (κ1) is 25.1. The molecule has 0 saturated carbocycles. The molecule has 186 valence electrons. The molecule has 1 atom stereocenters. The number of nitrogens with zero attached hydrogens (tertiary/aromatic N) is 4. The summed E-state index contributed by atoms with van der Waals surface area (Å²) in [6, 6.07) is 13.7. The molecular weight excluding hydrogens is 482 g/mol. The molecule has 1 amide bonds. The molecule has 2 aromatic carbocycles. The minimum Gasteiger partial charge on any atom is -0.420 e. The Hall–Kier alpha value is -4.02. The summed E-state index contributed by atoms with van der Waals surface area (Å²) < 4.78 is 5.92. The van der Waals surface area contributed by atoms with Gasteiger partial charge in [-0.1, -0.05) is 62.7 Å². The molecule has 2 heterocycles. The summed E-state index contributed by atoms with van der Waals surface area (Å²) in [6.07, 6.45) is 1.55. The third-order valence-electron chi connectivity index (χ3n) is 5.27. The van der Waals surface area contributed by atoms with E-state index in [4.69, 9.17) is 21.8 Å². The van der Waals surface area contributed by atoms with Crippen LogP contribution in [0.2, 0.25) is 5.02 Å². The standard InChI is InChI=1S/C25H26ClN7O3/c1-25(2,3)23-33-32-22(36-23)17-12-28-24(29-15-9-10-16(20(27)35)18(26)11-15)31-21(17)30-19(13-34)14-7-5-4-6-8-14/h4-12,19,34H,13H2,1-3H3,(H2,27,35)(H2,28,29,30,31)/t19-/m1/s1. The molecule has 5 N–H and O–H groups in total. The highest BCUT2D eigenvalue weighted by Gasteiger charge is 2.24. The van der Waals surface area contributed by atoms with Crippen molar-refractivity contribution in [1.82, 2.24) is 20.2 Å². The normalized spacial score (nSPS) is 12.2. The van der Waals surface area contributed by atoms with Crippen LogP contribution in [0.4, 0.5) is 17.5 Å². The zero-order valence-electron chi connectivity index (χ0n) is 20.0. The first-order chi connectivity index (χ1) is 17.2. The predicted molar refractivity (Wildman–Crippen MR) is 137 cm³/mol. The van der Waals surface area contributed by atoms with Crippen molar-refractivity contribution >= 4 is 35.0 Å². The molecule has 0 aliphatic heterocycles. The van der Waals surface area contributed by atoms with E-state index in [0.717, 1.165) is 5.56 Å². The van der Waals surface area contributed by atoms with Crippen molar-refractivity contribution in [3.05, 3.63) is 76.8 Å². The number of rotatable bonds is 8. The molecule has 0 fully saturated rings. The number of hydrogen-bond donors (Lipinski definition) is 4. The molecule has 11 heteroatoms. The van der Waals surface area contributed by atoms with Crippen molar-refractivity contribution in [3.8, 4) is 11.5 Å². The molecule has 0 radical (unpaired) electrons. The summed E-state index contributed by atoms with van der Waals surface area (Å²) in [7, 11) is 0. The van der Waals surface area contributed by atoms with E-state index in [1.165, 1.54) is 6.07 Å². The van der Waals surface area contributed by atoms with E-state index in [-0.39, 0.29) is 34.4 Å². The number of carbonyl (C=O) groups is 1. The number of aromatic nitrogens is 4. The van der Waals surface area contributed by atoms with E-state index < -0.39 is 11.9 Å². The second-order valence-corrected chi connectivity index (χ2v) is 9.50. The van der Waals surface area contributed by atoms with Gasteiger partial charge in [-0.3, -0.25) is 4.79 Å². The van der Waals surface area contributed by atoms with Gasteiger partial charge < -0.3 is 25.9 Å². The predicted octanol–water partition coefficient (Wildman–Crippen LogP) is 4.47. The third kappa shape index (κ3) is 5.61. The molecule has 0 aliphatic rings. The number of halogens is 1. The third-order valence-corrected chi connectivity index (χ3v) is 5.58. The van der Waals surface area contributed by atoms with Crippen LogP contribution in [0.5, 0.6) is 0 Å². The van der Waals surface area contributed by atoms with Gasteiger partial charge in [0.05, 0.1) is 28.8 Å². The van der Waals surface area contributed by atoms with E-state index in [0.29, 0.717) is 23.0 Å². The van der Waals surface area contributed by atoms with E-state index >= 15 is 0 Å². The van der Waals surface area contributed by atoms with Gasteiger partial charge in [0.15, 0.2) is 0 Å². The van der Waals surface area contributed by atoms with Crippen molar-refractivity contribution < 1.29 is 14.3 Å². The Morgan fingerprint density at radius 1 is 1.17 bits per heavy atom. The van der Waals surface area contributed by atoms with Gasteiger partial charge in [0.1, 0.15) is 5.82 Å². The van der Waals surface area contributed by atoms with Gasteiger partial charge in [0.25, 0.3) is 5.89 Å². The summed E-state index contributed by atoms with van der Waals surface area (Å²) in [5.74, 6) is 0.705. The van der Waals surface area contributed by atoms with Crippen molar-refractivity contribution in [2.24, 2.45) is 5.73 Å². The van der Waals surface area contributed by atoms with Gasteiger partial charge in [0.2, 0.25) is 17.7 Å². The van der Waals surface area contributed by atoms with E-state index in [2.05, 4.69) is 30.8 Å². The first-order valence-corrected chi connectivity index (χ1v) is 11.5. The van der Waals surface area contributed by atoms with Crippen LogP contribution in [0.3, 0.4) is 0 Å². The molecule has 0 saturated heterocycles. The summed E-state index contributed by atoms with van der Waals surface area (Å²) in [4.78, 5) is 20.5. The molecule has 4 aromatic rings. The van der Waals surface area contributed by atoms with Crippen LogP contribution in [-0.2, 0) is 5.41 Å². The van der Waals surface area contributed by atoms with Crippen molar-refractivity contribution in [2.75, 3.05) is 17.2 Å². The number of nitrogens with one attached hydrogen (secondary N) is 2. The summed E-state index contributed by atoms with van der Waals surface area (Å²) in [5.41, 5.74) is 7.09. The second kappa shape index (κ2) is 10.3. The summed E-state index contributed by atoms with van der Waals surface area (Å²) in [5, 5.41) is 25.0. The number of primary amides is 1. The first-order valence-electron chi connectivity index (χ1n) is 11.2. The van der Waals surface area contributed by atoms with Crippen LogP contribution >= 0.6 is 11.6 Å². The summed E-state index contributed by atoms with van der Waals surface area (Å²) >= 11 is 6.17.